The van der Waals surface area contributed by atoms with E-state index in [1.54, 1.807) is 48.5 Å². The summed E-state index contributed by atoms with van der Waals surface area (Å²) >= 11 is 0. The van der Waals surface area contributed by atoms with Crippen LogP contribution in [-0.4, -0.2) is 11.6 Å². The zero-order chi connectivity index (χ0) is 23.4. The van der Waals surface area contributed by atoms with E-state index in [2.05, 4.69) is 0 Å². The topological polar surface area (TPSA) is 34.1 Å². The minimum absolute atomic E-state index is 0.201. The fourth-order valence-electron chi connectivity index (χ4n) is 5.33. The third kappa shape index (κ3) is 2.99. The molecule has 0 aliphatic heterocycles. The molecule has 4 aromatic carbocycles. The molecule has 4 aromatic rings. The number of ketones is 2. The molecule has 4 heteroatoms. The van der Waals surface area contributed by atoms with E-state index in [0.717, 1.165) is 22.3 Å². The Labute approximate surface area is 195 Å². The maximum atomic E-state index is 13.8. The lowest BCUT2D eigenvalue weighted by atomic mass is 9.81. The van der Waals surface area contributed by atoms with Crippen molar-refractivity contribution in [2.75, 3.05) is 0 Å². The first kappa shape index (κ1) is 20.4. The Morgan fingerprint density at radius 2 is 0.824 bits per heavy atom. The molecule has 0 saturated carbocycles. The first-order valence-electron chi connectivity index (χ1n) is 11.1. The second-order valence-electron chi connectivity index (χ2n) is 8.63. The summed E-state index contributed by atoms with van der Waals surface area (Å²) in [6.45, 7) is 0. The van der Waals surface area contributed by atoms with E-state index in [4.69, 9.17) is 0 Å². The maximum Gasteiger partial charge on any atom is 0.190 e. The molecular weight excluding hydrogens is 430 g/mol. The number of carbonyl (C=O) groups excluding carboxylic acids is 2. The van der Waals surface area contributed by atoms with Gasteiger partial charge in [-0.3, -0.25) is 9.59 Å². The van der Waals surface area contributed by atoms with E-state index < -0.39 is 11.8 Å². The van der Waals surface area contributed by atoms with Gasteiger partial charge in [0, 0.05) is 34.1 Å². The van der Waals surface area contributed by atoms with Gasteiger partial charge in [-0.25, -0.2) is 8.78 Å². The van der Waals surface area contributed by atoms with Gasteiger partial charge >= 0.3 is 0 Å². The Morgan fingerprint density at radius 3 is 1.21 bits per heavy atom. The quantitative estimate of drug-likeness (QED) is 0.323. The largest absolute Gasteiger partial charge is 0.289 e. The van der Waals surface area contributed by atoms with Crippen LogP contribution < -0.4 is 0 Å². The molecular formula is C30H18F2O2. The van der Waals surface area contributed by atoms with Gasteiger partial charge in [0.05, 0.1) is 0 Å². The molecule has 164 valence electrons. The van der Waals surface area contributed by atoms with Gasteiger partial charge in [0.2, 0.25) is 0 Å². The molecule has 0 aromatic heterocycles. The molecule has 2 aliphatic rings. The zero-order valence-electron chi connectivity index (χ0n) is 18.0. The van der Waals surface area contributed by atoms with Crippen molar-refractivity contribution in [3.63, 3.8) is 0 Å². The van der Waals surface area contributed by atoms with Crippen LogP contribution in [0.5, 0.6) is 0 Å². The van der Waals surface area contributed by atoms with E-state index >= 15 is 0 Å². The molecule has 0 spiro atoms. The lowest BCUT2D eigenvalue weighted by molar-refractivity contribution is 0.100. The van der Waals surface area contributed by atoms with Crippen molar-refractivity contribution >= 4 is 11.6 Å². The lowest BCUT2D eigenvalue weighted by Gasteiger charge is -2.20. The Kier molecular flexibility index (Phi) is 4.63. The van der Waals surface area contributed by atoms with Crippen LogP contribution in [0, 0.1) is 11.6 Å². The van der Waals surface area contributed by atoms with Crippen molar-refractivity contribution in [3.8, 4) is 0 Å². The van der Waals surface area contributed by atoms with Crippen LogP contribution in [0.1, 0.15) is 54.8 Å². The highest BCUT2D eigenvalue weighted by Gasteiger charge is 2.45. The van der Waals surface area contributed by atoms with Gasteiger partial charge in [0.15, 0.2) is 11.6 Å². The third-order valence-electron chi connectivity index (χ3n) is 6.80. The fraction of sp³-hybridized carbons (Fsp3) is 0.0667. The average Bonchev–Trinajstić information content (AvgIpc) is 3.31. The van der Waals surface area contributed by atoms with Crippen LogP contribution in [-0.2, 0) is 0 Å². The van der Waals surface area contributed by atoms with Crippen LogP contribution in [0.15, 0.2) is 108 Å². The molecule has 0 bridgehead atoms. The molecule has 6 rings (SSSR count). The monoisotopic (exact) mass is 448 g/mol. The number of rotatable bonds is 2. The molecule has 2 nitrogen and oxygen atoms in total. The minimum atomic E-state index is -0.500. The molecule has 2 atom stereocenters. The summed E-state index contributed by atoms with van der Waals surface area (Å²) in [6.07, 6.45) is 0. The normalized spacial score (nSPS) is 21.0. The fourth-order valence-corrected chi connectivity index (χ4v) is 5.33. The molecule has 0 unspecified atom stereocenters. The zero-order valence-corrected chi connectivity index (χ0v) is 18.0. The Hall–Kier alpha value is -4.18. The smallest absolute Gasteiger partial charge is 0.190 e. The number of halogens is 2. The summed E-state index contributed by atoms with van der Waals surface area (Å²) in [7, 11) is 0. The standard InChI is InChI=1S/C30H18F2O2/c31-19-13-9-17(10-14-19)25-21-5-1-3-7-23(21)29(33)27(25)28-26(18-11-15-20(32)16-12-18)22-6-2-4-8-24(22)30(28)34/h1-16,25-26H/b28-27+/t25-,26-/m1/s1. The van der Waals surface area contributed by atoms with Gasteiger partial charge < -0.3 is 0 Å². The Bertz CT molecular complexity index is 1380. The molecule has 0 radical (unpaired) electrons. The van der Waals surface area contributed by atoms with E-state index in [1.807, 2.05) is 24.3 Å². The van der Waals surface area contributed by atoms with Crippen LogP contribution >= 0.6 is 0 Å². The van der Waals surface area contributed by atoms with Crippen molar-refractivity contribution in [2.24, 2.45) is 0 Å². The van der Waals surface area contributed by atoms with Gasteiger partial charge in [-0.1, -0.05) is 72.8 Å². The van der Waals surface area contributed by atoms with E-state index in [0.29, 0.717) is 22.3 Å². The van der Waals surface area contributed by atoms with E-state index in [-0.39, 0.29) is 23.2 Å². The highest BCUT2D eigenvalue weighted by molar-refractivity contribution is 6.24. The maximum absolute atomic E-state index is 13.8. The highest BCUT2D eigenvalue weighted by Crippen LogP contribution is 2.51. The lowest BCUT2D eigenvalue weighted by Crippen LogP contribution is -2.13. The van der Waals surface area contributed by atoms with Crippen molar-refractivity contribution in [1.82, 2.24) is 0 Å². The molecule has 0 heterocycles. The Morgan fingerprint density at radius 1 is 0.471 bits per heavy atom. The SMILES string of the molecule is O=C1/C(=C2/C(=O)c3ccccc3[C@H]2c2ccc(F)cc2)[C@H](c2ccc(F)cc2)c2ccccc21. The number of Topliss-reactive ketones (excluding diaryl/α,β-unsaturated/α-hetero) is 2. The predicted octanol–water partition coefficient (Wildman–Crippen LogP) is 6.62. The minimum Gasteiger partial charge on any atom is -0.289 e. The summed E-state index contributed by atoms with van der Waals surface area (Å²) in [4.78, 5) is 27.6. The van der Waals surface area contributed by atoms with Gasteiger partial charge in [-0.2, -0.15) is 0 Å². The number of hydrogen-bond donors (Lipinski definition) is 0. The molecule has 0 amide bonds. The number of carbonyl (C=O) groups is 2. The number of hydrogen-bond acceptors (Lipinski definition) is 2. The van der Waals surface area contributed by atoms with Crippen molar-refractivity contribution in [1.29, 1.82) is 0 Å². The molecule has 2 aliphatic carbocycles. The van der Waals surface area contributed by atoms with Gasteiger partial charge in [-0.15, -0.1) is 0 Å². The Balaban J connectivity index is 1.66. The summed E-state index contributed by atoms with van der Waals surface area (Å²) in [5.74, 6) is -2.14. The number of benzene rings is 4. The van der Waals surface area contributed by atoms with Crippen molar-refractivity contribution in [3.05, 3.63) is 153 Å². The summed E-state index contributed by atoms with van der Waals surface area (Å²) in [5.41, 5.74) is 4.97. The van der Waals surface area contributed by atoms with Crippen LogP contribution in [0.2, 0.25) is 0 Å². The summed E-state index contributed by atoms with van der Waals surface area (Å²) in [6, 6.07) is 26.7. The first-order valence-corrected chi connectivity index (χ1v) is 11.1. The van der Waals surface area contributed by atoms with Crippen molar-refractivity contribution in [2.45, 2.75) is 11.8 Å². The number of fused-ring (bicyclic) bond motifs is 2. The van der Waals surface area contributed by atoms with Crippen LogP contribution in [0.4, 0.5) is 8.78 Å². The summed E-state index contributed by atoms with van der Waals surface area (Å²) < 4.78 is 27.5. The van der Waals surface area contributed by atoms with Gasteiger partial charge in [-0.05, 0) is 46.5 Å². The predicted molar refractivity (Wildman–Crippen MR) is 125 cm³/mol. The summed E-state index contributed by atoms with van der Waals surface area (Å²) in [5, 5.41) is 0. The molecule has 0 saturated heterocycles. The van der Waals surface area contributed by atoms with Crippen molar-refractivity contribution < 1.29 is 18.4 Å². The number of allylic oxidation sites excluding steroid dienone is 2. The molecule has 34 heavy (non-hydrogen) atoms. The average molecular weight is 448 g/mol. The van der Waals surface area contributed by atoms with E-state index in [1.165, 1.54) is 24.3 Å². The second-order valence-corrected chi connectivity index (χ2v) is 8.63. The second kappa shape index (κ2) is 7.70. The third-order valence-corrected chi connectivity index (χ3v) is 6.80. The first-order chi connectivity index (χ1) is 16.5. The molecule has 0 N–H and O–H groups in total. The molecule has 0 fully saturated rings. The van der Waals surface area contributed by atoms with Gasteiger partial charge in [0.1, 0.15) is 11.6 Å². The van der Waals surface area contributed by atoms with Crippen LogP contribution in [0.3, 0.4) is 0 Å². The van der Waals surface area contributed by atoms with E-state index in [9.17, 15) is 18.4 Å². The highest BCUT2D eigenvalue weighted by atomic mass is 19.1. The van der Waals surface area contributed by atoms with Gasteiger partial charge in [0.25, 0.3) is 0 Å². The van der Waals surface area contributed by atoms with Crippen LogP contribution in [0.25, 0.3) is 0 Å².